The van der Waals surface area contributed by atoms with E-state index in [0.29, 0.717) is 6.61 Å². The van der Waals surface area contributed by atoms with Gasteiger partial charge in [-0.25, -0.2) is 9.82 Å². The molecule has 4 heteroatoms. The van der Waals surface area contributed by atoms with Crippen LogP contribution < -0.4 is 16.0 Å². The molecule has 0 saturated heterocycles. The van der Waals surface area contributed by atoms with E-state index in [2.05, 4.69) is 12.3 Å². The van der Waals surface area contributed by atoms with E-state index >= 15 is 0 Å². The summed E-state index contributed by atoms with van der Waals surface area (Å²) in [4.78, 5) is 0. The summed E-state index contributed by atoms with van der Waals surface area (Å²) in [6.45, 7) is 4.59. The molecule has 2 rings (SSSR count). The Bertz CT molecular complexity index is 581. The van der Waals surface area contributed by atoms with Crippen molar-refractivity contribution in [2.45, 2.75) is 26.3 Å². The molecule has 0 aliphatic heterocycles. The number of ether oxygens (including phenoxy) is 1. The van der Waals surface area contributed by atoms with Gasteiger partial charge < -0.3 is 4.74 Å². The predicted octanol–water partition coefficient (Wildman–Crippen LogP) is 3.48. The minimum Gasteiger partial charge on any atom is -0.494 e. The predicted molar refractivity (Wildman–Crippen MR) is 82.5 cm³/mol. The third kappa shape index (κ3) is 4.03. The number of halogens is 1. The van der Waals surface area contributed by atoms with Gasteiger partial charge in [0.15, 0.2) is 0 Å². The lowest BCUT2D eigenvalue weighted by atomic mass is 9.97. The van der Waals surface area contributed by atoms with Crippen molar-refractivity contribution in [1.29, 1.82) is 0 Å². The van der Waals surface area contributed by atoms with Crippen LogP contribution in [0.2, 0.25) is 0 Å². The molecular weight excluding hydrogens is 267 g/mol. The first-order valence-electron chi connectivity index (χ1n) is 7.10. The van der Waals surface area contributed by atoms with Gasteiger partial charge in [-0.15, -0.1) is 0 Å². The van der Waals surface area contributed by atoms with E-state index < -0.39 is 0 Å². The normalized spacial score (nSPS) is 12.2. The molecule has 2 aromatic carbocycles. The SMILES string of the molecule is CCCOc1cccc(C(NN)c2cc(C)cc(F)c2)c1. The number of hydrogen-bond acceptors (Lipinski definition) is 3. The fourth-order valence-electron chi connectivity index (χ4n) is 2.32. The average molecular weight is 288 g/mol. The largest absolute Gasteiger partial charge is 0.494 e. The van der Waals surface area contributed by atoms with Crippen LogP contribution in [-0.2, 0) is 0 Å². The van der Waals surface area contributed by atoms with Crippen LogP contribution in [0.1, 0.15) is 36.1 Å². The van der Waals surface area contributed by atoms with Crippen LogP contribution in [-0.4, -0.2) is 6.61 Å². The van der Waals surface area contributed by atoms with Crippen molar-refractivity contribution in [2.75, 3.05) is 6.61 Å². The smallest absolute Gasteiger partial charge is 0.123 e. The second-order valence-corrected chi connectivity index (χ2v) is 5.08. The minimum atomic E-state index is -0.274. The lowest BCUT2D eigenvalue weighted by Gasteiger charge is -2.18. The van der Waals surface area contributed by atoms with Gasteiger partial charge in [0.05, 0.1) is 12.6 Å². The lowest BCUT2D eigenvalue weighted by molar-refractivity contribution is 0.317. The van der Waals surface area contributed by atoms with Crippen molar-refractivity contribution < 1.29 is 9.13 Å². The Kier molecular flexibility index (Phi) is 5.31. The van der Waals surface area contributed by atoms with Crippen LogP contribution >= 0.6 is 0 Å². The number of nitrogens with two attached hydrogens (primary N) is 1. The quantitative estimate of drug-likeness (QED) is 0.632. The van der Waals surface area contributed by atoms with Crippen LogP contribution in [0.25, 0.3) is 0 Å². The third-order valence-electron chi connectivity index (χ3n) is 3.23. The van der Waals surface area contributed by atoms with Gasteiger partial charge in [0, 0.05) is 0 Å². The van der Waals surface area contributed by atoms with E-state index in [0.717, 1.165) is 28.9 Å². The maximum absolute atomic E-state index is 13.6. The van der Waals surface area contributed by atoms with Crippen LogP contribution in [0, 0.1) is 12.7 Å². The molecule has 1 unspecified atom stereocenters. The zero-order valence-electron chi connectivity index (χ0n) is 12.4. The van der Waals surface area contributed by atoms with E-state index in [9.17, 15) is 4.39 Å². The van der Waals surface area contributed by atoms with E-state index in [1.807, 2.05) is 37.3 Å². The summed E-state index contributed by atoms with van der Waals surface area (Å²) in [7, 11) is 0. The molecule has 3 N–H and O–H groups in total. The molecule has 0 bridgehead atoms. The summed E-state index contributed by atoms with van der Waals surface area (Å²) < 4.78 is 19.2. The summed E-state index contributed by atoms with van der Waals surface area (Å²) in [6, 6.07) is 12.3. The maximum atomic E-state index is 13.6. The van der Waals surface area contributed by atoms with Crippen molar-refractivity contribution >= 4 is 0 Å². The zero-order chi connectivity index (χ0) is 15.2. The van der Waals surface area contributed by atoms with Gasteiger partial charge in [-0.3, -0.25) is 5.84 Å². The molecule has 0 aromatic heterocycles. The Balaban J connectivity index is 2.32. The molecule has 2 aromatic rings. The van der Waals surface area contributed by atoms with E-state index in [-0.39, 0.29) is 11.9 Å². The molecule has 0 aliphatic rings. The van der Waals surface area contributed by atoms with Crippen molar-refractivity contribution in [3.8, 4) is 5.75 Å². The molecule has 0 amide bonds. The Morgan fingerprint density at radius 2 is 2.00 bits per heavy atom. The number of aryl methyl sites for hydroxylation is 1. The number of hydrogen-bond donors (Lipinski definition) is 2. The highest BCUT2D eigenvalue weighted by molar-refractivity contribution is 5.38. The lowest BCUT2D eigenvalue weighted by Crippen LogP contribution is -2.29. The first kappa shape index (κ1) is 15.5. The molecule has 0 saturated carbocycles. The Hall–Kier alpha value is -1.91. The third-order valence-corrected chi connectivity index (χ3v) is 3.23. The Morgan fingerprint density at radius 1 is 1.19 bits per heavy atom. The molecule has 1 atom stereocenters. The van der Waals surface area contributed by atoms with Gasteiger partial charge >= 0.3 is 0 Å². The van der Waals surface area contributed by atoms with E-state index in [1.165, 1.54) is 12.1 Å². The van der Waals surface area contributed by atoms with E-state index in [1.54, 1.807) is 0 Å². The van der Waals surface area contributed by atoms with Crippen molar-refractivity contribution in [3.05, 3.63) is 65.0 Å². The standard InChI is InChI=1S/C17H21FN2O/c1-3-7-21-16-6-4-5-13(11-16)17(20-19)14-8-12(2)9-15(18)10-14/h4-6,8-11,17,20H,3,7,19H2,1-2H3. The van der Waals surface area contributed by atoms with Gasteiger partial charge in [0.1, 0.15) is 11.6 Å². The van der Waals surface area contributed by atoms with Crippen LogP contribution in [0.15, 0.2) is 42.5 Å². The van der Waals surface area contributed by atoms with Crippen molar-refractivity contribution in [2.24, 2.45) is 5.84 Å². The molecule has 0 fully saturated rings. The Morgan fingerprint density at radius 3 is 2.67 bits per heavy atom. The summed E-state index contributed by atoms with van der Waals surface area (Å²) in [5.41, 5.74) is 5.35. The maximum Gasteiger partial charge on any atom is 0.123 e. The summed E-state index contributed by atoms with van der Waals surface area (Å²) in [5.74, 6) is 6.21. The number of nitrogens with one attached hydrogen (secondary N) is 1. The second-order valence-electron chi connectivity index (χ2n) is 5.08. The average Bonchev–Trinajstić information content (AvgIpc) is 2.45. The number of rotatable bonds is 6. The van der Waals surface area contributed by atoms with Gasteiger partial charge in [0.25, 0.3) is 0 Å². The molecule has 21 heavy (non-hydrogen) atoms. The molecule has 0 radical (unpaired) electrons. The monoisotopic (exact) mass is 288 g/mol. The van der Waals surface area contributed by atoms with Gasteiger partial charge in [-0.2, -0.15) is 0 Å². The summed E-state index contributed by atoms with van der Waals surface area (Å²) in [6.07, 6.45) is 0.950. The second kappa shape index (κ2) is 7.20. The molecule has 0 spiro atoms. The molecular formula is C17H21FN2O. The van der Waals surface area contributed by atoms with E-state index in [4.69, 9.17) is 10.6 Å². The van der Waals surface area contributed by atoms with Crippen LogP contribution in [0.3, 0.4) is 0 Å². The molecule has 0 aliphatic carbocycles. The molecule has 112 valence electrons. The molecule has 3 nitrogen and oxygen atoms in total. The van der Waals surface area contributed by atoms with Gasteiger partial charge in [0.2, 0.25) is 0 Å². The van der Waals surface area contributed by atoms with Gasteiger partial charge in [-0.1, -0.05) is 25.1 Å². The first-order valence-corrected chi connectivity index (χ1v) is 7.10. The highest BCUT2D eigenvalue weighted by Gasteiger charge is 2.14. The topological polar surface area (TPSA) is 47.3 Å². The van der Waals surface area contributed by atoms with Crippen molar-refractivity contribution in [3.63, 3.8) is 0 Å². The highest BCUT2D eigenvalue weighted by Crippen LogP contribution is 2.26. The van der Waals surface area contributed by atoms with Crippen LogP contribution in [0.5, 0.6) is 5.75 Å². The fraction of sp³-hybridized carbons (Fsp3) is 0.294. The molecule has 0 heterocycles. The minimum absolute atomic E-state index is 0.261. The summed E-state index contributed by atoms with van der Waals surface area (Å²) in [5, 5.41) is 0. The zero-order valence-corrected chi connectivity index (χ0v) is 12.4. The summed E-state index contributed by atoms with van der Waals surface area (Å²) >= 11 is 0. The fourth-order valence-corrected chi connectivity index (χ4v) is 2.32. The first-order chi connectivity index (χ1) is 10.1. The Labute approximate surface area is 124 Å². The van der Waals surface area contributed by atoms with Gasteiger partial charge in [-0.05, 0) is 54.3 Å². The van der Waals surface area contributed by atoms with Crippen molar-refractivity contribution in [1.82, 2.24) is 5.43 Å². The highest BCUT2D eigenvalue weighted by atomic mass is 19.1. The van der Waals surface area contributed by atoms with Crippen LogP contribution in [0.4, 0.5) is 4.39 Å². The number of benzene rings is 2. The number of hydrazine groups is 1.